The highest BCUT2D eigenvalue weighted by atomic mass is 19.1. The Bertz CT molecular complexity index is 1180. The van der Waals surface area contributed by atoms with Gasteiger partial charge in [-0.05, 0) is 42.0 Å². The summed E-state index contributed by atoms with van der Waals surface area (Å²) in [5, 5.41) is 8.93. The Kier molecular flexibility index (Phi) is 3.11. The second-order valence-corrected chi connectivity index (χ2v) is 5.51. The van der Waals surface area contributed by atoms with Crippen molar-refractivity contribution in [3.05, 3.63) is 75.6 Å². The molecule has 0 saturated heterocycles. The smallest absolute Gasteiger partial charge is 0.328 e. The molecule has 122 valence electrons. The number of aromatic nitrogens is 2. The minimum atomic E-state index is -1.11. The van der Waals surface area contributed by atoms with E-state index in [-0.39, 0.29) is 22.5 Å². The molecular weight excluding hydrogens is 327 g/mol. The molecule has 0 radical (unpaired) electrons. The van der Waals surface area contributed by atoms with Crippen molar-refractivity contribution in [1.82, 2.24) is 9.55 Å². The van der Waals surface area contributed by atoms with Gasteiger partial charge in [0.1, 0.15) is 5.82 Å². The third-order valence-corrected chi connectivity index (χ3v) is 3.96. The summed E-state index contributed by atoms with van der Waals surface area (Å²) in [4.78, 5) is 40.1. The van der Waals surface area contributed by atoms with Gasteiger partial charge in [0.25, 0.3) is 5.56 Å². The van der Waals surface area contributed by atoms with Crippen molar-refractivity contribution in [2.45, 2.75) is 0 Å². The van der Waals surface area contributed by atoms with Gasteiger partial charge in [-0.1, -0.05) is 6.07 Å². The lowest BCUT2D eigenvalue weighted by Gasteiger charge is -2.06. The van der Waals surface area contributed by atoms with Crippen molar-refractivity contribution in [3.63, 3.8) is 0 Å². The van der Waals surface area contributed by atoms with E-state index >= 15 is 0 Å². The normalized spacial score (nSPS) is 12.6. The Morgan fingerprint density at radius 3 is 2.72 bits per heavy atom. The molecule has 6 nitrogen and oxygen atoms in total. The number of aliphatic carboxylic acids is 1. The Morgan fingerprint density at radius 2 is 1.96 bits per heavy atom. The zero-order valence-corrected chi connectivity index (χ0v) is 12.6. The van der Waals surface area contributed by atoms with Crippen LogP contribution in [-0.4, -0.2) is 26.4 Å². The van der Waals surface area contributed by atoms with E-state index in [9.17, 15) is 18.8 Å². The van der Waals surface area contributed by atoms with Crippen molar-refractivity contribution >= 4 is 28.7 Å². The SMILES string of the molecule is O=C(O)/C=C/c1ccc2nc3n(c(=O)c2c1)-c1ccc(F)cc1C3=O. The molecule has 0 saturated carbocycles. The van der Waals surface area contributed by atoms with Crippen molar-refractivity contribution in [3.8, 4) is 5.69 Å². The van der Waals surface area contributed by atoms with Gasteiger partial charge in [-0.15, -0.1) is 0 Å². The first kappa shape index (κ1) is 14.9. The van der Waals surface area contributed by atoms with Gasteiger partial charge >= 0.3 is 5.97 Å². The van der Waals surface area contributed by atoms with Crippen molar-refractivity contribution in [2.24, 2.45) is 0 Å². The van der Waals surface area contributed by atoms with Gasteiger partial charge in [0.15, 0.2) is 5.82 Å². The Labute approximate surface area is 139 Å². The number of hydrogen-bond acceptors (Lipinski definition) is 4. The van der Waals surface area contributed by atoms with E-state index in [4.69, 9.17) is 5.11 Å². The summed E-state index contributed by atoms with van der Waals surface area (Å²) in [5.74, 6) is -2.25. The fraction of sp³-hybridized carbons (Fsp3) is 0. The van der Waals surface area contributed by atoms with Crippen molar-refractivity contribution in [1.29, 1.82) is 0 Å². The van der Waals surface area contributed by atoms with Crippen LogP contribution in [0.5, 0.6) is 0 Å². The summed E-state index contributed by atoms with van der Waals surface area (Å²) in [7, 11) is 0. The molecule has 7 heteroatoms. The van der Waals surface area contributed by atoms with Crippen molar-refractivity contribution in [2.75, 3.05) is 0 Å². The van der Waals surface area contributed by atoms with Crippen LogP contribution in [0.2, 0.25) is 0 Å². The molecule has 0 unspecified atom stereocenters. The average Bonchev–Trinajstić information content (AvgIpc) is 2.86. The Morgan fingerprint density at radius 1 is 1.16 bits per heavy atom. The highest BCUT2D eigenvalue weighted by Gasteiger charge is 2.30. The van der Waals surface area contributed by atoms with E-state index in [1.54, 1.807) is 6.07 Å². The quantitative estimate of drug-likeness (QED) is 0.567. The monoisotopic (exact) mass is 336 g/mol. The van der Waals surface area contributed by atoms with Gasteiger partial charge in [-0.3, -0.25) is 14.2 Å². The summed E-state index contributed by atoms with van der Waals surface area (Å²) in [6.45, 7) is 0. The van der Waals surface area contributed by atoms with E-state index < -0.39 is 23.1 Å². The number of carboxylic acids is 1. The van der Waals surface area contributed by atoms with Crippen LogP contribution in [0.25, 0.3) is 22.7 Å². The lowest BCUT2D eigenvalue weighted by atomic mass is 10.1. The summed E-state index contributed by atoms with van der Waals surface area (Å²) in [6.07, 6.45) is 2.31. The number of carbonyl (C=O) groups excluding carboxylic acids is 1. The number of rotatable bonds is 2. The Hall–Kier alpha value is -3.61. The maximum atomic E-state index is 13.4. The van der Waals surface area contributed by atoms with E-state index in [0.29, 0.717) is 11.1 Å². The lowest BCUT2D eigenvalue weighted by Crippen LogP contribution is -2.21. The van der Waals surface area contributed by atoms with Gasteiger partial charge < -0.3 is 5.11 Å². The summed E-state index contributed by atoms with van der Waals surface area (Å²) in [6, 6.07) is 8.25. The van der Waals surface area contributed by atoms with Gasteiger partial charge in [0.2, 0.25) is 5.78 Å². The summed E-state index contributed by atoms with van der Waals surface area (Å²) in [5.41, 5.74) is 0.728. The molecule has 2 aromatic carbocycles. The molecule has 1 aliphatic heterocycles. The zero-order chi connectivity index (χ0) is 17.7. The molecule has 0 fully saturated rings. The van der Waals surface area contributed by atoms with Crippen LogP contribution in [0.15, 0.2) is 47.3 Å². The molecule has 3 aromatic rings. The minimum Gasteiger partial charge on any atom is -0.478 e. The van der Waals surface area contributed by atoms with E-state index in [1.165, 1.54) is 30.3 Å². The Balaban J connectivity index is 2.00. The maximum absolute atomic E-state index is 13.4. The maximum Gasteiger partial charge on any atom is 0.328 e. The van der Waals surface area contributed by atoms with Crippen LogP contribution in [0.4, 0.5) is 4.39 Å². The van der Waals surface area contributed by atoms with Gasteiger partial charge in [-0.2, -0.15) is 0 Å². The van der Waals surface area contributed by atoms with E-state index in [1.807, 2.05) is 0 Å². The molecule has 1 aliphatic rings. The molecule has 4 rings (SSSR count). The second-order valence-electron chi connectivity index (χ2n) is 5.51. The predicted molar refractivity (Wildman–Crippen MR) is 87.4 cm³/mol. The first-order chi connectivity index (χ1) is 12.0. The number of ketones is 1. The van der Waals surface area contributed by atoms with Crippen molar-refractivity contribution < 1.29 is 19.1 Å². The highest BCUT2D eigenvalue weighted by Crippen LogP contribution is 2.27. The third kappa shape index (κ3) is 2.25. The van der Waals surface area contributed by atoms with Crippen LogP contribution < -0.4 is 5.56 Å². The molecule has 0 atom stereocenters. The van der Waals surface area contributed by atoms with E-state index in [2.05, 4.69) is 4.98 Å². The first-order valence-electron chi connectivity index (χ1n) is 7.28. The number of benzene rings is 2. The number of fused-ring (bicyclic) bond motifs is 4. The minimum absolute atomic E-state index is 0.0630. The second kappa shape index (κ2) is 5.20. The van der Waals surface area contributed by atoms with Gasteiger partial charge in [-0.25, -0.2) is 14.2 Å². The fourth-order valence-corrected chi connectivity index (χ4v) is 2.86. The highest BCUT2D eigenvalue weighted by molar-refractivity contribution is 6.13. The third-order valence-electron chi connectivity index (χ3n) is 3.96. The molecule has 1 N–H and O–H groups in total. The van der Waals surface area contributed by atoms with Crippen LogP contribution in [0.1, 0.15) is 21.7 Å². The van der Waals surface area contributed by atoms with Crippen LogP contribution in [-0.2, 0) is 4.79 Å². The van der Waals surface area contributed by atoms with Crippen LogP contribution in [0, 0.1) is 5.82 Å². The average molecular weight is 336 g/mol. The lowest BCUT2D eigenvalue weighted by molar-refractivity contribution is -0.131. The molecular formula is C18H9FN2O4. The van der Waals surface area contributed by atoms with Gasteiger partial charge in [0, 0.05) is 6.08 Å². The standard InChI is InChI=1S/C18H9FN2O4/c19-10-3-5-14-12(8-10)16(24)17-20-13-4-1-9(2-6-15(22)23)7-11(13)18(25)21(14)17/h1-8H,(H,22,23)/b6-2+. The number of carbonyl (C=O) groups is 2. The number of halogens is 1. The molecule has 0 spiro atoms. The van der Waals surface area contributed by atoms with Crippen LogP contribution in [0.3, 0.4) is 0 Å². The largest absolute Gasteiger partial charge is 0.478 e. The zero-order valence-electron chi connectivity index (χ0n) is 12.6. The summed E-state index contributed by atoms with van der Waals surface area (Å²) < 4.78 is 14.6. The number of carboxylic acid groups (broad SMARTS) is 1. The topological polar surface area (TPSA) is 89.3 Å². The molecule has 25 heavy (non-hydrogen) atoms. The molecule has 2 heterocycles. The molecule has 0 bridgehead atoms. The van der Waals surface area contributed by atoms with Gasteiger partial charge in [0.05, 0.1) is 22.2 Å². The molecule has 0 aliphatic carbocycles. The van der Waals surface area contributed by atoms with E-state index in [0.717, 1.165) is 16.7 Å². The fourth-order valence-electron chi connectivity index (χ4n) is 2.86. The molecule has 1 aromatic heterocycles. The summed E-state index contributed by atoms with van der Waals surface area (Å²) >= 11 is 0. The number of hydrogen-bond donors (Lipinski definition) is 1. The molecule has 0 amide bonds. The first-order valence-corrected chi connectivity index (χ1v) is 7.28. The van der Waals surface area contributed by atoms with Crippen LogP contribution >= 0.6 is 0 Å². The predicted octanol–water partition coefficient (Wildman–Crippen LogP) is 2.17. The number of nitrogens with zero attached hydrogens (tertiary/aromatic N) is 2.